The highest BCUT2D eigenvalue weighted by Gasteiger charge is 2.41. The number of likely N-dealkylation sites (N-methyl/N-ethyl adjacent to an activating group) is 2. The zero-order valence-electron chi connectivity index (χ0n) is 28.4. The molecule has 244 valence electrons. The molecule has 3 N–H and O–H groups in total. The number of hydrogen-bond acceptors (Lipinski definition) is 6. The van der Waals surface area contributed by atoms with Gasteiger partial charge in [0.05, 0.1) is 17.3 Å². The SMILES string of the molecule is CCCCC(C)S(=O)(=O)NC(=O)C(C)=C[C@H](C(C)C)N(C)C(=O)[C@@H](NC(=O)[C@@H](NC)C(C)(C)c1ccccc1)C(C)(C)C. The number of nitrogens with zero attached hydrogens (tertiary/aromatic N) is 1. The molecule has 4 atom stereocenters. The topological polar surface area (TPSA) is 125 Å². The molecule has 0 heterocycles. The van der Waals surface area contributed by atoms with Crippen molar-refractivity contribution in [2.24, 2.45) is 11.3 Å². The Bertz CT molecular complexity index is 1220. The summed E-state index contributed by atoms with van der Waals surface area (Å²) in [5.41, 5.74) is -0.0163. The minimum Gasteiger partial charge on any atom is -0.342 e. The standard InChI is InChI=1S/C33H56N4O5S/c1-13-14-18-24(5)43(41,42)36-29(38)23(4)21-26(22(2)3)37(12)31(40)28(32(6,7)8)35-30(39)27(34-11)33(9,10)25-19-16-15-17-20-25/h15-17,19-22,24,26-28,34H,13-14,18H2,1-12H3,(H,35,39)(H,36,38)/t24?,26-,27-,28-/m1/s1. The Morgan fingerprint density at radius 1 is 0.977 bits per heavy atom. The van der Waals surface area contributed by atoms with Gasteiger partial charge in [-0.1, -0.05) is 105 Å². The molecule has 0 aromatic heterocycles. The quantitative estimate of drug-likeness (QED) is 0.248. The number of amides is 3. The van der Waals surface area contributed by atoms with Crippen molar-refractivity contribution in [2.45, 2.75) is 117 Å². The van der Waals surface area contributed by atoms with Gasteiger partial charge < -0.3 is 15.5 Å². The number of carbonyl (C=O) groups excluding carboxylic acids is 3. The molecule has 43 heavy (non-hydrogen) atoms. The Kier molecular flexibility index (Phi) is 14.1. The van der Waals surface area contributed by atoms with Gasteiger partial charge in [0.25, 0.3) is 5.91 Å². The van der Waals surface area contributed by atoms with Crippen LogP contribution < -0.4 is 15.4 Å². The van der Waals surface area contributed by atoms with Crippen LogP contribution in [-0.2, 0) is 29.8 Å². The highest BCUT2D eigenvalue weighted by molar-refractivity contribution is 7.90. The molecule has 1 rings (SSSR count). The third kappa shape index (κ3) is 10.4. The van der Waals surface area contributed by atoms with E-state index < -0.39 is 50.1 Å². The van der Waals surface area contributed by atoms with Crippen LogP contribution in [0, 0.1) is 11.3 Å². The summed E-state index contributed by atoms with van der Waals surface area (Å²) in [4.78, 5) is 42.2. The lowest BCUT2D eigenvalue weighted by molar-refractivity contribution is -0.140. The van der Waals surface area contributed by atoms with E-state index in [9.17, 15) is 22.8 Å². The van der Waals surface area contributed by atoms with Gasteiger partial charge in [-0.15, -0.1) is 0 Å². The van der Waals surface area contributed by atoms with Crippen LogP contribution in [0.2, 0.25) is 0 Å². The molecule has 1 aromatic carbocycles. The maximum absolute atomic E-state index is 14.0. The van der Waals surface area contributed by atoms with Gasteiger partial charge in [0.15, 0.2) is 0 Å². The normalized spacial score (nSPS) is 15.8. The summed E-state index contributed by atoms with van der Waals surface area (Å²) >= 11 is 0. The fraction of sp³-hybridized carbons (Fsp3) is 0.667. The maximum atomic E-state index is 14.0. The Balaban J connectivity index is 3.28. The van der Waals surface area contributed by atoms with E-state index >= 15 is 0 Å². The van der Waals surface area contributed by atoms with Crippen molar-refractivity contribution in [2.75, 3.05) is 14.1 Å². The van der Waals surface area contributed by atoms with Gasteiger partial charge in [-0.25, -0.2) is 13.1 Å². The fourth-order valence-electron chi connectivity index (χ4n) is 5.12. The molecule has 10 heteroatoms. The van der Waals surface area contributed by atoms with E-state index in [4.69, 9.17) is 0 Å². The average Bonchev–Trinajstić information content (AvgIpc) is 2.91. The molecule has 0 aliphatic carbocycles. The summed E-state index contributed by atoms with van der Waals surface area (Å²) in [6, 6.07) is 7.74. The van der Waals surface area contributed by atoms with Crippen molar-refractivity contribution in [1.82, 2.24) is 20.3 Å². The van der Waals surface area contributed by atoms with E-state index in [0.717, 1.165) is 18.4 Å². The van der Waals surface area contributed by atoms with Crippen LogP contribution in [0.3, 0.4) is 0 Å². The second-order valence-corrected chi connectivity index (χ2v) is 15.7. The second kappa shape index (κ2) is 15.8. The van der Waals surface area contributed by atoms with E-state index in [-0.39, 0.29) is 23.3 Å². The molecule has 0 aliphatic heterocycles. The first-order valence-corrected chi connectivity index (χ1v) is 16.8. The summed E-state index contributed by atoms with van der Waals surface area (Å²) in [6.07, 6.45) is 3.70. The van der Waals surface area contributed by atoms with Crippen LogP contribution in [0.15, 0.2) is 42.0 Å². The van der Waals surface area contributed by atoms with Gasteiger partial charge in [0.2, 0.25) is 21.8 Å². The van der Waals surface area contributed by atoms with Crippen LogP contribution in [0.25, 0.3) is 0 Å². The summed E-state index contributed by atoms with van der Waals surface area (Å²) < 4.78 is 27.6. The highest BCUT2D eigenvalue weighted by Crippen LogP contribution is 2.29. The van der Waals surface area contributed by atoms with Crippen molar-refractivity contribution < 1.29 is 22.8 Å². The predicted molar refractivity (Wildman–Crippen MR) is 175 cm³/mol. The van der Waals surface area contributed by atoms with Crippen LogP contribution >= 0.6 is 0 Å². The molecule has 0 spiro atoms. The van der Waals surface area contributed by atoms with Gasteiger partial charge in [0, 0.05) is 18.0 Å². The zero-order chi connectivity index (χ0) is 33.3. The van der Waals surface area contributed by atoms with Gasteiger partial charge in [0.1, 0.15) is 6.04 Å². The van der Waals surface area contributed by atoms with Crippen LogP contribution in [0.5, 0.6) is 0 Å². The van der Waals surface area contributed by atoms with Crippen molar-refractivity contribution in [3.63, 3.8) is 0 Å². The lowest BCUT2D eigenvalue weighted by Gasteiger charge is -2.40. The molecule has 0 saturated carbocycles. The van der Waals surface area contributed by atoms with Gasteiger partial charge in [-0.3, -0.25) is 14.4 Å². The molecule has 0 fully saturated rings. The van der Waals surface area contributed by atoms with Crippen molar-refractivity contribution in [1.29, 1.82) is 0 Å². The molecular weight excluding hydrogens is 564 g/mol. The smallest absolute Gasteiger partial charge is 0.260 e. The number of nitrogens with one attached hydrogen (secondary N) is 3. The van der Waals surface area contributed by atoms with Crippen molar-refractivity contribution in [3.8, 4) is 0 Å². The van der Waals surface area contributed by atoms with E-state index in [0.29, 0.717) is 6.42 Å². The fourth-order valence-corrected chi connectivity index (χ4v) is 6.22. The largest absolute Gasteiger partial charge is 0.342 e. The maximum Gasteiger partial charge on any atom is 0.260 e. The number of rotatable bonds is 15. The van der Waals surface area contributed by atoms with Crippen LogP contribution in [0.1, 0.15) is 94.1 Å². The van der Waals surface area contributed by atoms with Gasteiger partial charge in [-0.05, 0) is 44.2 Å². The number of carbonyl (C=O) groups is 3. The monoisotopic (exact) mass is 620 g/mol. The van der Waals surface area contributed by atoms with Gasteiger partial charge in [-0.2, -0.15) is 0 Å². The lowest BCUT2D eigenvalue weighted by atomic mass is 9.76. The van der Waals surface area contributed by atoms with Crippen LogP contribution in [0.4, 0.5) is 0 Å². The Hall–Kier alpha value is -2.72. The van der Waals surface area contributed by atoms with Crippen molar-refractivity contribution >= 4 is 27.7 Å². The molecule has 1 unspecified atom stereocenters. The van der Waals surface area contributed by atoms with E-state index in [1.54, 1.807) is 34.0 Å². The minimum absolute atomic E-state index is 0.102. The predicted octanol–water partition coefficient (Wildman–Crippen LogP) is 4.54. The summed E-state index contributed by atoms with van der Waals surface area (Å²) in [6.45, 7) is 18.6. The zero-order valence-corrected chi connectivity index (χ0v) is 29.2. The number of hydrogen-bond donors (Lipinski definition) is 3. The average molecular weight is 621 g/mol. The third-order valence-corrected chi connectivity index (χ3v) is 9.94. The summed E-state index contributed by atoms with van der Waals surface area (Å²) in [5, 5.41) is 5.47. The number of sulfonamides is 1. The summed E-state index contributed by atoms with van der Waals surface area (Å²) in [5.74, 6) is -1.42. The molecule has 0 bridgehead atoms. The first kappa shape index (κ1) is 38.3. The molecule has 0 radical (unpaired) electrons. The first-order valence-electron chi connectivity index (χ1n) is 15.3. The Morgan fingerprint density at radius 2 is 1.53 bits per heavy atom. The van der Waals surface area contributed by atoms with Gasteiger partial charge >= 0.3 is 0 Å². The Labute approximate surface area is 260 Å². The van der Waals surface area contributed by atoms with E-state index in [2.05, 4.69) is 15.4 Å². The number of benzene rings is 1. The second-order valence-electron chi connectivity index (χ2n) is 13.6. The Morgan fingerprint density at radius 3 is 2.00 bits per heavy atom. The third-order valence-electron chi connectivity index (χ3n) is 8.18. The van der Waals surface area contributed by atoms with Crippen molar-refractivity contribution in [3.05, 3.63) is 47.5 Å². The van der Waals surface area contributed by atoms with E-state index in [1.165, 1.54) is 4.90 Å². The molecule has 0 aliphatic rings. The lowest BCUT2D eigenvalue weighted by Crippen LogP contribution is -2.61. The summed E-state index contributed by atoms with van der Waals surface area (Å²) in [7, 11) is -0.458. The molecule has 3 amide bonds. The highest BCUT2D eigenvalue weighted by atomic mass is 32.2. The molecule has 9 nitrogen and oxygen atoms in total. The molecular formula is C33H56N4O5S. The van der Waals surface area contributed by atoms with Crippen LogP contribution in [-0.4, -0.2) is 68.5 Å². The first-order chi connectivity index (χ1) is 19.7. The minimum atomic E-state index is -3.83. The van der Waals surface area contributed by atoms with E-state index in [1.807, 2.05) is 85.7 Å². The molecule has 1 aromatic rings. The number of unbranched alkanes of at least 4 members (excludes halogenated alkanes) is 1. The molecule has 0 saturated heterocycles.